The normalized spacial score (nSPS) is 11.0. The zero-order chi connectivity index (χ0) is 19.6. The number of nitrogens with zero attached hydrogens (tertiary/aromatic N) is 5. The fraction of sp³-hybridized carbons (Fsp3) is 0.167. The number of halogens is 1. The van der Waals surface area contributed by atoms with Crippen molar-refractivity contribution in [1.29, 1.82) is 5.26 Å². The summed E-state index contributed by atoms with van der Waals surface area (Å²) in [6.45, 7) is 1.32. The van der Waals surface area contributed by atoms with Gasteiger partial charge < -0.3 is 4.52 Å². The smallest absolute Gasteiger partial charge is 0.331 e. The van der Waals surface area contributed by atoms with Crippen LogP contribution in [0.2, 0.25) is 5.02 Å². The highest BCUT2D eigenvalue weighted by molar-refractivity contribution is 6.30. The van der Waals surface area contributed by atoms with Gasteiger partial charge in [0.05, 0.1) is 0 Å². The molecule has 0 fully saturated rings. The molecule has 0 unspecified atom stereocenters. The highest BCUT2D eigenvalue weighted by atomic mass is 35.5. The van der Waals surface area contributed by atoms with E-state index in [1.165, 1.54) is 18.5 Å². The largest absolute Gasteiger partial charge is 0.337 e. The standard InChI is InChI=1S/C18H14ClN5O3/c1-11-14(9-20)17(25)24(18(26)23(11)2)10-16-21-15(22-27-16)8-5-12-3-6-13(19)7-4-12/h3-8H,10H2,1-2H3/b8-5+. The van der Waals surface area contributed by atoms with E-state index in [4.69, 9.17) is 21.4 Å². The average molecular weight is 384 g/mol. The Labute approximate surface area is 158 Å². The summed E-state index contributed by atoms with van der Waals surface area (Å²) < 4.78 is 7.23. The lowest BCUT2D eigenvalue weighted by molar-refractivity contribution is 0.364. The Morgan fingerprint density at radius 1 is 1.26 bits per heavy atom. The van der Waals surface area contributed by atoms with Gasteiger partial charge in [-0.1, -0.05) is 35.0 Å². The molecule has 2 aromatic heterocycles. The van der Waals surface area contributed by atoms with Crippen LogP contribution < -0.4 is 11.2 Å². The maximum absolute atomic E-state index is 12.4. The van der Waals surface area contributed by atoms with Crippen LogP contribution in [0.4, 0.5) is 0 Å². The van der Waals surface area contributed by atoms with Crippen LogP contribution in [0.25, 0.3) is 12.2 Å². The Hall–Kier alpha value is -3.44. The second kappa shape index (κ2) is 7.43. The lowest BCUT2D eigenvalue weighted by atomic mass is 10.2. The molecule has 3 aromatic rings. The molecular formula is C18H14ClN5O3. The molecule has 0 saturated heterocycles. The van der Waals surface area contributed by atoms with Crippen LogP contribution in [0.5, 0.6) is 0 Å². The quantitative estimate of drug-likeness (QED) is 0.681. The highest BCUT2D eigenvalue weighted by Crippen LogP contribution is 2.12. The van der Waals surface area contributed by atoms with Crippen LogP contribution in [-0.2, 0) is 13.6 Å². The molecule has 0 bridgehead atoms. The van der Waals surface area contributed by atoms with Crippen LogP contribution in [0, 0.1) is 18.3 Å². The van der Waals surface area contributed by atoms with Gasteiger partial charge in [0.2, 0.25) is 5.89 Å². The Kier molecular flexibility index (Phi) is 5.05. The molecule has 9 heteroatoms. The number of hydrogen-bond acceptors (Lipinski definition) is 6. The van der Waals surface area contributed by atoms with Crippen molar-refractivity contribution in [1.82, 2.24) is 19.3 Å². The van der Waals surface area contributed by atoms with Crippen molar-refractivity contribution in [2.24, 2.45) is 7.05 Å². The van der Waals surface area contributed by atoms with Gasteiger partial charge in [-0.05, 0) is 30.7 Å². The molecule has 1 aromatic carbocycles. The molecule has 0 N–H and O–H groups in total. The molecule has 0 radical (unpaired) electrons. The van der Waals surface area contributed by atoms with Crippen molar-refractivity contribution >= 4 is 23.8 Å². The van der Waals surface area contributed by atoms with E-state index in [-0.39, 0.29) is 23.8 Å². The van der Waals surface area contributed by atoms with E-state index in [9.17, 15) is 9.59 Å². The third-order valence-electron chi connectivity index (χ3n) is 4.03. The summed E-state index contributed by atoms with van der Waals surface area (Å²) in [5.41, 5.74) is -0.143. The third-order valence-corrected chi connectivity index (χ3v) is 4.28. The number of hydrogen-bond donors (Lipinski definition) is 0. The molecule has 0 aliphatic heterocycles. The molecule has 136 valence electrons. The summed E-state index contributed by atoms with van der Waals surface area (Å²) in [7, 11) is 1.49. The molecular weight excluding hydrogens is 370 g/mol. The van der Waals surface area contributed by atoms with Gasteiger partial charge in [-0.3, -0.25) is 9.36 Å². The summed E-state index contributed by atoms with van der Waals surface area (Å²) in [6.07, 6.45) is 3.41. The molecule has 3 rings (SSSR count). The number of rotatable bonds is 4. The average Bonchev–Trinajstić information content (AvgIpc) is 3.11. The van der Waals surface area contributed by atoms with Gasteiger partial charge in [0.15, 0.2) is 5.82 Å². The number of aromatic nitrogens is 4. The summed E-state index contributed by atoms with van der Waals surface area (Å²) in [6, 6.07) is 9.01. The van der Waals surface area contributed by atoms with E-state index >= 15 is 0 Å². The van der Waals surface area contributed by atoms with Crippen LogP contribution >= 0.6 is 11.6 Å². The van der Waals surface area contributed by atoms with Gasteiger partial charge in [0.25, 0.3) is 5.56 Å². The van der Waals surface area contributed by atoms with E-state index in [1.807, 2.05) is 18.2 Å². The first kappa shape index (κ1) is 18.4. The topological polar surface area (TPSA) is 107 Å². The van der Waals surface area contributed by atoms with Gasteiger partial charge in [-0.25, -0.2) is 9.36 Å². The predicted octanol–water partition coefficient (Wildman–Crippen LogP) is 1.98. The van der Waals surface area contributed by atoms with Crippen molar-refractivity contribution in [3.63, 3.8) is 0 Å². The minimum atomic E-state index is -0.686. The predicted molar refractivity (Wildman–Crippen MR) is 99.2 cm³/mol. The minimum Gasteiger partial charge on any atom is -0.337 e. The first-order valence-corrected chi connectivity index (χ1v) is 8.25. The van der Waals surface area contributed by atoms with Crippen molar-refractivity contribution in [2.75, 3.05) is 0 Å². The molecule has 0 spiro atoms. The maximum atomic E-state index is 12.4. The Bertz CT molecular complexity index is 1180. The molecule has 27 heavy (non-hydrogen) atoms. The highest BCUT2D eigenvalue weighted by Gasteiger charge is 2.16. The molecule has 8 nitrogen and oxygen atoms in total. The van der Waals surface area contributed by atoms with Crippen LogP contribution in [0.3, 0.4) is 0 Å². The Balaban J connectivity index is 1.88. The van der Waals surface area contributed by atoms with Crippen LogP contribution in [0.15, 0.2) is 38.4 Å². The van der Waals surface area contributed by atoms with Gasteiger partial charge in [-0.2, -0.15) is 10.2 Å². The van der Waals surface area contributed by atoms with Crippen molar-refractivity contribution in [3.8, 4) is 6.07 Å². The molecule has 0 atom stereocenters. The summed E-state index contributed by atoms with van der Waals surface area (Å²) >= 11 is 5.84. The third kappa shape index (κ3) is 3.73. The van der Waals surface area contributed by atoms with Gasteiger partial charge in [0.1, 0.15) is 18.2 Å². The van der Waals surface area contributed by atoms with Crippen molar-refractivity contribution in [3.05, 3.63) is 78.7 Å². The van der Waals surface area contributed by atoms with E-state index in [2.05, 4.69) is 10.1 Å². The second-order valence-electron chi connectivity index (χ2n) is 5.74. The lowest BCUT2D eigenvalue weighted by Crippen LogP contribution is -2.41. The van der Waals surface area contributed by atoms with Crippen molar-refractivity contribution in [2.45, 2.75) is 13.5 Å². The first-order chi connectivity index (χ1) is 12.9. The molecule has 0 aliphatic carbocycles. The summed E-state index contributed by atoms with van der Waals surface area (Å²) in [5.74, 6) is 0.371. The van der Waals surface area contributed by atoms with Gasteiger partial charge >= 0.3 is 5.69 Å². The van der Waals surface area contributed by atoms with E-state index in [0.717, 1.165) is 10.1 Å². The monoisotopic (exact) mass is 383 g/mol. The minimum absolute atomic E-state index is 0.0812. The molecule has 2 heterocycles. The van der Waals surface area contributed by atoms with Crippen LogP contribution in [0.1, 0.15) is 28.5 Å². The molecule has 0 aliphatic rings. The fourth-order valence-electron chi connectivity index (χ4n) is 2.42. The first-order valence-electron chi connectivity index (χ1n) is 7.87. The lowest BCUT2D eigenvalue weighted by Gasteiger charge is -2.09. The zero-order valence-corrected chi connectivity index (χ0v) is 15.3. The Morgan fingerprint density at radius 2 is 1.96 bits per heavy atom. The Morgan fingerprint density at radius 3 is 2.63 bits per heavy atom. The summed E-state index contributed by atoms with van der Waals surface area (Å²) in [4.78, 5) is 28.8. The van der Waals surface area contributed by atoms with Crippen LogP contribution in [-0.4, -0.2) is 19.3 Å². The van der Waals surface area contributed by atoms with E-state index in [1.54, 1.807) is 24.3 Å². The SMILES string of the molecule is Cc1c(C#N)c(=O)n(Cc2nc(/C=C/c3ccc(Cl)cc3)no2)c(=O)n1C. The zero-order valence-electron chi connectivity index (χ0n) is 14.5. The van der Waals surface area contributed by atoms with E-state index in [0.29, 0.717) is 10.7 Å². The van der Waals surface area contributed by atoms with E-state index < -0.39 is 11.2 Å². The molecule has 0 saturated carbocycles. The molecule has 0 amide bonds. The fourth-order valence-corrected chi connectivity index (χ4v) is 2.54. The van der Waals surface area contributed by atoms with Crippen molar-refractivity contribution < 1.29 is 4.52 Å². The van der Waals surface area contributed by atoms with Gasteiger partial charge in [0, 0.05) is 17.8 Å². The maximum Gasteiger partial charge on any atom is 0.331 e. The number of nitriles is 1. The van der Waals surface area contributed by atoms with Gasteiger partial charge in [-0.15, -0.1) is 0 Å². The summed E-state index contributed by atoms with van der Waals surface area (Å²) in [5, 5.41) is 13.6. The number of benzene rings is 1. The second-order valence-corrected chi connectivity index (χ2v) is 6.17.